The average molecular weight is 1040 g/mol. The standard InChI is InChI=1S/2C16H11N2.C10H4S2.2Pt/c2*1-2-7-13(8-3-1)14-10-6-11-16(18-14)15-9-4-5-12-17-15;1-2-4-9-7(3-1)8-5-6-11-10(8)12-9;;/h2*1-7,9-12H;1-2,4,6H;;/q2*-1;-2;2*+2. The van der Waals surface area contributed by atoms with Gasteiger partial charge in [0.15, 0.2) is 0 Å². The Morgan fingerprint density at radius 3 is 1.46 bits per heavy atom. The molecule has 4 nitrogen and oxygen atoms in total. The molecule has 9 rings (SSSR count). The van der Waals surface area contributed by atoms with E-state index < -0.39 is 0 Å². The minimum absolute atomic E-state index is 0. The van der Waals surface area contributed by atoms with Crippen LogP contribution in [0.1, 0.15) is 0 Å². The summed E-state index contributed by atoms with van der Waals surface area (Å²) < 4.78 is 2.67. The van der Waals surface area contributed by atoms with E-state index in [0.717, 1.165) is 45.3 Å². The first kappa shape index (κ1) is 36.8. The largest absolute Gasteiger partial charge is 2.00 e. The Balaban J connectivity index is 0.000000146. The van der Waals surface area contributed by atoms with Crippen molar-refractivity contribution in [3.05, 3.63) is 182 Å². The summed E-state index contributed by atoms with van der Waals surface area (Å²) in [6.07, 6.45) is 3.55. The molecule has 0 radical (unpaired) electrons. The zero-order valence-corrected chi connectivity index (χ0v) is 32.4. The number of rotatable bonds is 4. The molecule has 0 bridgehead atoms. The van der Waals surface area contributed by atoms with Gasteiger partial charge in [0.25, 0.3) is 0 Å². The number of hydrogen-bond acceptors (Lipinski definition) is 6. The maximum atomic E-state index is 4.62. The second-order valence-corrected chi connectivity index (χ2v) is 12.5. The number of thiophene rings is 2. The fraction of sp³-hybridized carbons (Fsp3) is 0. The third-order valence-electron chi connectivity index (χ3n) is 7.17. The Morgan fingerprint density at radius 2 is 0.940 bits per heavy atom. The van der Waals surface area contributed by atoms with Gasteiger partial charge in [-0.2, -0.15) is 6.07 Å². The summed E-state index contributed by atoms with van der Waals surface area (Å²) in [7, 11) is 0. The summed E-state index contributed by atoms with van der Waals surface area (Å²) in [4.78, 5) is 17.9. The first-order chi connectivity index (χ1) is 23.8. The number of pyridine rings is 4. The molecule has 9 aromatic rings. The minimum atomic E-state index is 0. The molecular formula is C42H26N4Pt2S2. The van der Waals surface area contributed by atoms with Gasteiger partial charge in [0, 0.05) is 12.4 Å². The van der Waals surface area contributed by atoms with Gasteiger partial charge >= 0.3 is 42.1 Å². The van der Waals surface area contributed by atoms with Gasteiger partial charge < -0.3 is 0 Å². The molecule has 50 heavy (non-hydrogen) atoms. The van der Waals surface area contributed by atoms with Crippen LogP contribution in [0.15, 0.2) is 157 Å². The van der Waals surface area contributed by atoms with Crippen LogP contribution in [-0.4, -0.2) is 19.9 Å². The molecule has 3 aromatic carbocycles. The third-order valence-corrected chi connectivity index (χ3v) is 9.31. The summed E-state index contributed by atoms with van der Waals surface area (Å²) >= 11 is 3.58. The zero-order chi connectivity index (χ0) is 32.4. The van der Waals surface area contributed by atoms with Crippen molar-refractivity contribution in [1.29, 1.82) is 0 Å². The van der Waals surface area contributed by atoms with E-state index in [1.807, 2.05) is 150 Å². The summed E-state index contributed by atoms with van der Waals surface area (Å²) in [5, 5.41) is 4.47. The maximum Gasteiger partial charge on any atom is 2.00 e. The molecule has 0 fully saturated rings. The number of hydrogen-bond donors (Lipinski definition) is 0. The molecule has 0 spiro atoms. The van der Waals surface area contributed by atoms with Crippen LogP contribution >= 0.6 is 22.7 Å². The Morgan fingerprint density at radius 1 is 0.420 bits per heavy atom. The average Bonchev–Trinajstić information content (AvgIpc) is 3.79. The SMILES string of the molecule is [Pt+2].[Pt+2].[c-]1cccc2sc3sc[c-]c3c12.[c-]1ccccc1-c1cccc(-c2ccccn2)n1.[c-]1ccccc1-c1cccc(-c2ccccn2)n1. The molecule has 0 aliphatic carbocycles. The predicted molar refractivity (Wildman–Crippen MR) is 198 cm³/mol. The normalized spacial score (nSPS) is 10.1. The zero-order valence-electron chi connectivity index (χ0n) is 26.2. The number of benzene rings is 3. The molecule has 0 unspecified atom stereocenters. The van der Waals surface area contributed by atoms with E-state index in [4.69, 9.17) is 0 Å². The molecule has 0 saturated carbocycles. The van der Waals surface area contributed by atoms with E-state index in [2.05, 4.69) is 50.3 Å². The van der Waals surface area contributed by atoms with Crippen LogP contribution in [0.2, 0.25) is 0 Å². The molecule has 0 saturated heterocycles. The van der Waals surface area contributed by atoms with Crippen molar-refractivity contribution in [2.45, 2.75) is 0 Å². The van der Waals surface area contributed by atoms with Crippen LogP contribution in [0, 0.1) is 24.3 Å². The van der Waals surface area contributed by atoms with Crippen LogP contribution in [0.3, 0.4) is 0 Å². The monoisotopic (exact) mass is 1040 g/mol. The number of nitrogens with zero attached hydrogens (tertiary/aromatic N) is 4. The van der Waals surface area contributed by atoms with Crippen LogP contribution < -0.4 is 0 Å². The van der Waals surface area contributed by atoms with Crippen LogP contribution in [0.25, 0.3) is 64.8 Å². The fourth-order valence-electron chi connectivity index (χ4n) is 4.90. The second kappa shape index (κ2) is 18.5. The molecule has 0 N–H and O–H groups in total. The quantitative estimate of drug-likeness (QED) is 0.165. The Hall–Kier alpha value is -4.44. The smallest absolute Gasteiger partial charge is 0.295 e. The van der Waals surface area contributed by atoms with Crippen LogP contribution in [0.5, 0.6) is 0 Å². The van der Waals surface area contributed by atoms with E-state index in [0.29, 0.717) is 0 Å². The van der Waals surface area contributed by atoms with Crippen molar-refractivity contribution in [3.8, 4) is 45.3 Å². The summed E-state index contributed by atoms with van der Waals surface area (Å²) in [5.74, 6) is 0. The molecule has 246 valence electrons. The molecule has 8 heteroatoms. The maximum absolute atomic E-state index is 4.62. The van der Waals surface area contributed by atoms with Crippen molar-refractivity contribution in [2.75, 3.05) is 0 Å². The van der Waals surface area contributed by atoms with Crippen molar-refractivity contribution in [2.24, 2.45) is 0 Å². The Kier molecular flexibility index (Phi) is 13.6. The van der Waals surface area contributed by atoms with Gasteiger partial charge in [0.2, 0.25) is 0 Å². The van der Waals surface area contributed by atoms with Crippen molar-refractivity contribution in [1.82, 2.24) is 19.9 Å². The summed E-state index contributed by atoms with van der Waals surface area (Å²) in [5.41, 5.74) is 7.35. The summed E-state index contributed by atoms with van der Waals surface area (Å²) in [6, 6.07) is 58.2. The van der Waals surface area contributed by atoms with E-state index >= 15 is 0 Å². The molecule has 6 aromatic heterocycles. The third kappa shape index (κ3) is 9.21. The molecular weight excluding hydrogens is 1010 g/mol. The van der Waals surface area contributed by atoms with Gasteiger partial charge in [-0.25, -0.2) is 34.2 Å². The molecule has 6 heterocycles. The topological polar surface area (TPSA) is 51.6 Å². The Bertz CT molecular complexity index is 2120. The van der Waals surface area contributed by atoms with Crippen molar-refractivity contribution >= 4 is 42.2 Å². The molecule has 0 aliphatic heterocycles. The molecule has 0 amide bonds. The number of fused-ring (bicyclic) bond motifs is 3. The molecule has 0 aliphatic rings. The molecule has 0 atom stereocenters. The fourth-order valence-corrected chi connectivity index (χ4v) is 6.94. The van der Waals surface area contributed by atoms with E-state index in [1.54, 1.807) is 23.7 Å². The van der Waals surface area contributed by atoms with Gasteiger partial charge in [-0.15, -0.1) is 88.6 Å². The first-order valence-corrected chi connectivity index (χ1v) is 16.9. The van der Waals surface area contributed by atoms with E-state index in [9.17, 15) is 0 Å². The van der Waals surface area contributed by atoms with Crippen molar-refractivity contribution in [3.63, 3.8) is 0 Å². The predicted octanol–water partition coefficient (Wildman–Crippen LogP) is 10.9. The minimum Gasteiger partial charge on any atom is -0.295 e. The summed E-state index contributed by atoms with van der Waals surface area (Å²) in [6.45, 7) is 0. The van der Waals surface area contributed by atoms with Crippen LogP contribution in [-0.2, 0) is 42.1 Å². The van der Waals surface area contributed by atoms with Gasteiger partial charge in [-0.05, 0) is 47.8 Å². The van der Waals surface area contributed by atoms with E-state index in [1.165, 1.54) is 19.5 Å². The van der Waals surface area contributed by atoms with Crippen LogP contribution in [0.4, 0.5) is 0 Å². The second-order valence-electron chi connectivity index (χ2n) is 10.4. The van der Waals surface area contributed by atoms with Gasteiger partial charge in [0.1, 0.15) is 0 Å². The van der Waals surface area contributed by atoms with E-state index in [-0.39, 0.29) is 42.1 Å². The Labute approximate surface area is 328 Å². The number of aromatic nitrogens is 4. The van der Waals surface area contributed by atoms with Gasteiger partial charge in [-0.1, -0.05) is 45.8 Å². The van der Waals surface area contributed by atoms with Gasteiger partial charge in [-0.3, -0.25) is 31.3 Å². The van der Waals surface area contributed by atoms with Gasteiger partial charge in [0.05, 0.1) is 22.8 Å². The first-order valence-electron chi connectivity index (χ1n) is 15.2. The van der Waals surface area contributed by atoms with Crippen molar-refractivity contribution < 1.29 is 42.1 Å².